The minimum absolute atomic E-state index is 0.0791. The lowest BCUT2D eigenvalue weighted by molar-refractivity contribution is -0.126. The molecule has 1 saturated heterocycles. The minimum Gasteiger partial charge on any atom is -0.350 e. The molecule has 0 unspecified atom stereocenters. The van der Waals surface area contributed by atoms with Gasteiger partial charge in [-0.25, -0.2) is 14.3 Å². The number of amides is 1. The smallest absolute Gasteiger partial charge is 0.350 e. The molecule has 4 heterocycles. The van der Waals surface area contributed by atoms with Crippen LogP contribution < -0.4 is 10.6 Å². The molecule has 0 spiro atoms. The van der Waals surface area contributed by atoms with Crippen molar-refractivity contribution in [1.82, 2.24) is 24.4 Å². The highest BCUT2D eigenvalue weighted by Gasteiger charge is 2.30. The number of fused-ring (bicyclic) bond motifs is 1. The highest BCUT2D eigenvalue weighted by molar-refractivity contribution is 6.34. The van der Waals surface area contributed by atoms with Gasteiger partial charge in [0.1, 0.15) is 5.82 Å². The molecule has 1 aliphatic rings. The highest BCUT2D eigenvalue weighted by Crippen LogP contribution is 2.37. The van der Waals surface area contributed by atoms with Crippen molar-refractivity contribution in [2.75, 3.05) is 24.5 Å². The number of hydrogen-bond donors (Lipinski definition) is 0. The van der Waals surface area contributed by atoms with E-state index in [1.807, 2.05) is 25.7 Å². The van der Waals surface area contributed by atoms with Crippen molar-refractivity contribution in [1.29, 1.82) is 0 Å². The van der Waals surface area contributed by atoms with Crippen LogP contribution in [0.4, 0.5) is 5.82 Å². The number of nitrogens with zero attached hydrogens (tertiary/aromatic N) is 6. The van der Waals surface area contributed by atoms with Crippen LogP contribution in [-0.2, 0) is 4.79 Å². The summed E-state index contributed by atoms with van der Waals surface area (Å²) in [7, 11) is 0. The molecule has 0 bridgehead atoms. The quantitative estimate of drug-likeness (QED) is 0.250. The van der Waals surface area contributed by atoms with Gasteiger partial charge in [-0.1, -0.05) is 68.4 Å². The number of benzene rings is 1. The first kappa shape index (κ1) is 23.3. The summed E-state index contributed by atoms with van der Waals surface area (Å²) in [5.74, 6) is -0.160. The first-order valence-electron chi connectivity index (χ1n) is 16.2. The lowest BCUT2D eigenvalue weighted by atomic mass is 9.99. The summed E-state index contributed by atoms with van der Waals surface area (Å²) in [5, 5.41) is 0.622. The number of pyridine rings is 2. The summed E-state index contributed by atoms with van der Waals surface area (Å²) >= 11 is 6.98. The molecule has 0 aliphatic carbocycles. The second kappa shape index (κ2) is 11.5. The molecule has 3 aromatic heterocycles. The van der Waals surface area contributed by atoms with E-state index >= 15 is 0 Å². The maximum Gasteiger partial charge on any atom is 0.355 e. The average molecular weight is 588 g/mol. The van der Waals surface area contributed by atoms with E-state index in [9.17, 15) is 9.59 Å². The molecule has 1 fully saturated rings. The molecule has 0 N–H and O–H groups in total. The fourth-order valence-corrected chi connectivity index (χ4v) is 5.71. The molecule has 1 aromatic carbocycles. The van der Waals surface area contributed by atoms with E-state index in [0.717, 1.165) is 0 Å². The molecule has 5 rings (SSSR count). The van der Waals surface area contributed by atoms with Crippen molar-refractivity contribution in [2.45, 2.75) is 46.5 Å². The van der Waals surface area contributed by atoms with Crippen molar-refractivity contribution in [3.05, 3.63) is 94.1 Å². The van der Waals surface area contributed by atoms with Gasteiger partial charge in [0.25, 0.3) is 0 Å². The van der Waals surface area contributed by atoms with Gasteiger partial charge in [0.15, 0.2) is 5.65 Å². The number of allylic oxidation sites excluding steroid dienone is 1. The number of rotatable bonds is 6. The van der Waals surface area contributed by atoms with E-state index in [1.165, 1.54) is 22.9 Å². The highest BCUT2D eigenvalue weighted by atomic mass is 35.5. The Balaban J connectivity index is 1.90. The standard InChI is InChI=1S/C33H35ClN6O2/c1-8-27(41)38-15-16-39(22(7)18-38)31-25-17-26(34)29(24-12-10-9-11-23(24)19(2)3)36-32(25)40(33(42)37-31)30-21(6)13-14-35-28(30)20(4)5/h8-14,17,20,22H,1-2,15-16,18H2,3-7H3/t22-/m0/s1/i2D2,6D3. The number of aromatic nitrogens is 4. The number of halogens is 1. The number of carbonyl (C=O) groups excluding carboxylic acids is 1. The summed E-state index contributed by atoms with van der Waals surface area (Å²) in [6, 6.07) is 9.87. The van der Waals surface area contributed by atoms with E-state index in [1.54, 1.807) is 42.2 Å². The van der Waals surface area contributed by atoms with Gasteiger partial charge in [-0.15, -0.1) is 0 Å². The Morgan fingerprint density at radius 2 is 2.02 bits per heavy atom. The summed E-state index contributed by atoms with van der Waals surface area (Å²) < 4.78 is 42.1. The lowest BCUT2D eigenvalue weighted by Gasteiger charge is -2.40. The number of aryl methyl sites for hydroxylation is 1. The average Bonchev–Trinajstić information content (AvgIpc) is 3.02. The maximum absolute atomic E-state index is 14.3. The predicted octanol–water partition coefficient (Wildman–Crippen LogP) is 6.18. The largest absolute Gasteiger partial charge is 0.355 e. The second-order valence-electron chi connectivity index (χ2n) is 10.7. The fourth-order valence-electron chi connectivity index (χ4n) is 5.46. The predicted molar refractivity (Wildman–Crippen MR) is 170 cm³/mol. The summed E-state index contributed by atoms with van der Waals surface area (Å²) in [4.78, 5) is 44.2. The van der Waals surface area contributed by atoms with E-state index in [0.29, 0.717) is 53.2 Å². The van der Waals surface area contributed by atoms with Gasteiger partial charge >= 0.3 is 5.69 Å². The van der Waals surface area contributed by atoms with Crippen LogP contribution in [0, 0.1) is 6.85 Å². The van der Waals surface area contributed by atoms with Gasteiger partial charge in [-0.05, 0) is 56.0 Å². The Morgan fingerprint density at radius 3 is 2.71 bits per heavy atom. The zero-order valence-electron chi connectivity index (χ0n) is 29.0. The van der Waals surface area contributed by atoms with E-state index < -0.39 is 12.5 Å². The molecular formula is C33H35ClN6O2. The third kappa shape index (κ3) is 5.11. The van der Waals surface area contributed by atoms with Crippen LogP contribution in [0.3, 0.4) is 0 Å². The van der Waals surface area contributed by atoms with Gasteiger partial charge < -0.3 is 9.80 Å². The Kier molecular flexibility index (Phi) is 6.39. The Hall–Kier alpha value is -4.30. The molecule has 1 atom stereocenters. The van der Waals surface area contributed by atoms with Gasteiger partial charge in [0.2, 0.25) is 5.91 Å². The maximum atomic E-state index is 14.3. The summed E-state index contributed by atoms with van der Waals surface area (Å²) in [6.07, 6.45) is 2.69. The van der Waals surface area contributed by atoms with Gasteiger partial charge in [-0.3, -0.25) is 9.78 Å². The van der Waals surface area contributed by atoms with Crippen LogP contribution in [0.15, 0.2) is 66.6 Å². The fraction of sp³-hybridized carbons (Fsp3) is 0.303. The molecule has 4 aromatic rings. The molecule has 1 aliphatic heterocycles. The van der Waals surface area contributed by atoms with Crippen molar-refractivity contribution >= 4 is 39.9 Å². The number of piperazine rings is 1. The molecule has 8 nitrogen and oxygen atoms in total. The van der Waals surface area contributed by atoms with Crippen LogP contribution in [0.5, 0.6) is 0 Å². The molecule has 42 heavy (non-hydrogen) atoms. The SMILES string of the molecule is [2H]C([2H])=C(C)c1ccccc1-c1nc2c(cc1Cl)c(N1CCN(C(=O)C=C)C[C@@H]1C)nc(=O)n2-c1c(C([2H])([2H])[2H])ccnc1C(C)C. The number of hydrogen-bond acceptors (Lipinski definition) is 6. The third-order valence-electron chi connectivity index (χ3n) is 7.50. The molecule has 0 radical (unpaired) electrons. The number of carbonyl (C=O) groups is 1. The van der Waals surface area contributed by atoms with Crippen molar-refractivity contribution in [2.24, 2.45) is 0 Å². The normalized spacial score (nSPS) is 17.3. The Morgan fingerprint density at radius 1 is 1.24 bits per heavy atom. The molecule has 0 saturated carbocycles. The van der Waals surface area contributed by atoms with Gasteiger partial charge in [0.05, 0.1) is 30.2 Å². The molecule has 216 valence electrons. The summed E-state index contributed by atoms with van der Waals surface area (Å²) in [5.41, 5.74) is 1.51. The second-order valence-corrected chi connectivity index (χ2v) is 11.1. The Bertz CT molecular complexity index is 1990. The zero-order chi connectivity index (χ0) is 34.4. The van der Waals surface area contributed by atoms with Gasteiger partial charge in [-0.2, -0.15) is 4.98 Å². The zero-order valence-corrected chi connectivity index (χ0v) is 24.7. The van der Waals surface area contributed by atoms with Crippen molar-refractivity contribution < 1.29 is 11.6 Å². The van der Waals surface area contributed by atoms with Crippen LogP contribution in [0.2, 0.25) is 5.02 Å². The van der Waals surface area contributed by atoms with Crippen molar-refractivity contribution in [3.8, 4) is 16.9 Å². The lowest BCUT2D eigenvalue weighted by Crippen LogP contribution is -2.54. The minimum atomic E-state index is -2.60. The molecule has 9 heteroatoms. The van der Waals surface area contributed by atoms with Crippen LogP contribution in [0.1, 0.15) is 57.3 Å². The van der Waals surface area contributed by atoms with Crippen LogP contribution >= 0.6 is 11.6 Å². The van der Waals surface area contributed by atoms with Crippen LogP contribution in [-0.4, -0.2) is 56.0 Å². The topological polar surface area (TPSA) is 84.2 Å². The molecular weight excluding hydrogens is 548 g/mol. The third-order valence-corrected chi connectivity index (χ3v) is 7.78. The Labute approximate surface area is 258 Å². The van der Waals surface area contributed by atoms with E-state index in [4.69, 9.17) is 23.4 Å². The van der Waals surface area contributed by atoms with Crippen LogP contribution in [0.25, 0.3) is 33.6 Å². The molecule has 1 amide bonds. The van der Waals surface area contributed by atoms with Gasteiger partial charge in [0, 0.05) is 41.5 Å². The first-order chi connectivity index (χ1) is 22.1. The number of anilines is 1. The monoisotopic (exact) mass is 587 g/mol. The summed E-state index contributed by atoms with van der Waals surface area (Å²) in [6.45, 7) is 8.99. The van der Waals surface area contributed by atoms with E-state index in [2.05, 4.69) is 16.5 Å². The first-order valence-corrected chi connectivity index (χ1v) is 14.1. The van der Waals surface area contributed by atoms with E-state index in [-0.39, 0.29) is 52.0 Å². The van der Waals surface area contributed by atoms with Crippen molar-refractivity contribution in [3.63, 3.8) is 0 Å².